The monoisotopic (exact) mass is 284 g/mol. The topological polar surface area (TPSA) is 42.9 Å². The first kappa shape index (κ1) is 13.1. The van der Waals surface area contributed by atoms with Gasteiger partial charge < -0.3 is 0 Å². The lowest BCUT2D eigenvalue weighted by Crippen LogP contribution is -2.06. The van der Waals surface area contributed by atoms with Crippen LogP contribution >= 0.6 is 23.1 Å². The first-order chi connectivity index (χ1) is 8.63. The second kappa shape index (κ2) is 5.54. The van der Waals surface area contributed by atoms with Crippen LogP contribution in [0.4, 0.5) is 4.39 Å². The van der Waals surface area contributed by atoms with E-state index in [9.17, 15) is 9.18 Å². The largest absolute Gasteiger partial charge is 0.293 e. The zero-order valence-corrected chi connectivity index (χ0v) is 11.2. The van der Waals surface area contributed by atoms with E-state index in [1.165, 1.54) is 12.1 Å². The van der Waals surface area contributed by atoms with Gasteiger partial charge in [0.1, 0.15) is 10.7 Å². The number of benzene rings is 1. The van der Waals surface area contributed by atoms with E-state index in [1.807, 2.05) is 6.92 Å². The number of nitrogens with zero attached hydrogens (tertiary/aromatic N) is 2. The third-order valence-corrected chi connectivity index (χ3v) is 3.71. The molecule has 18 heavy (non-hydrogen) atoms. The molecule has 2 rings (SSSR count). The fourth-order valence-electron chi connectivity index (χ4n) is 1.59. The summed E-state index contributed by atoms with van der Waals surface area (Å²) >= 11 is 6.93. The zero-order valence-electron chi connectivity index (χ0n) is 9.61. The summed E-state index contributed by atoms with van der Waals surface area (Å²) in [5.41, 5.74) is 0.872. The molecule has 6 heteroatoms. The van der Waals surface area contributed by atoms with E-state index in [2.05, 4.69) is 9.59 Å². The van der Waals surface area contributed by atoms with Gasteiger partial charge in [-0.2, -0.15) is 0 Å². The SMILES string of the molecule is CCc1nnsc1C(=O)Cc1c(F)cccc1Cl. The molecule has 0 spiro atoms. The highest BCUT2D eigenvalue weighted by atomic mass is 35.5. The van der Waals surface area contributed by atoms with Gasteiger partial charge in [-0.1, -0.05) is 29.1 Å². The zero-order chi connectivity index (χ0) is 13.1. The molecule has 0 aliphatic heterocycles. The Balaban J connectivity index is 2.27. The third kappa shape index (κ3) is 2.57. The van der Waals surface area contributed by atoms with Gasteiger partial charge in [-0.05, 0) is 30.1 Å². The van der Waals surface area contributed by atoms with E-state index in [4.69, 9.17) is 11.6 Å². The van der Waals surface area contributed by atoms with E-state index in [1.54, 1.807) is 6.07 Å². The first-order valence-electron chi connectivity index (χ1n) is 5.40. The summed E-state index contributed by atoms with van der Waals surface area (Å²) in [5.74, 6) is -0.666. The Morgan fingerprint density at radius 2 is 2.28 bits per heavy atom. The number of hydrogen-bond acceptors (Lipinski definition) is 4. The van der Waals surface area contributed by atoms with Crippen LogP contribution in [0.3, 0.4) is 0 Å². The number of aromatic nitrogens is 2. The fraction of sp³-hybridized carbons (Fsp3) is 0.250. The van der Waals surface area contributed by atoms with Crippen molar-refractivity contribution in [1.82, 2.24) is 9.59 Å². The van der Waals surface area contributed by atoms with Crippen molar-refractivity contribution < 1.29 is 9.18 Å². The Morgan fingerprint density at radius 1 is 1.50 bits per heavy atom. The molecule has 0 bridgehead atoms. The van der Waals surface area contributed by atoms with Gasteiger partial charge in [0.05, 0.1) is 5.69 Å². The van der Waals surface area contributed by atoms with Crippen LogP contribution in [0.2, 0.25) is 5.02 Å². The number of carbonyl (C=O) groups excluding carboxylic acids is 1. The molecular formula is C12H10ClFN2OS. The molecule has 0 saturated heterocycles. The van der Waals surface area contributed by atoms with Gasteiger partial charge in [-0.3, -0.25) is 4.79 Å². The molecule has 0 fully saturated rings. The molecule has 0 N–H and O–H groups in total. The van der Waals surface area contributed by atoms with Crippen molar-refractivity contribution in [2.24, 2.45) is 0 Å². The molecule has 3 nitrogen and oxygen atoms in total. The van der Waals surface area contributed by atoms with E-state index in [0.717, 1.165) is 11.5 Å². The molecule has 0 radical (unpaired) electrons. The van der Waals surface area contributed by atoms with Gasteiger partial charge in [0.15, 0.2) is 5.78 Å². The molecule has 1 heterocycles. The number of aryl methyl sites for hydroxylation is 1. The molecule has 0 saturated carbocycles. The maximum atomic E-state index is 13.6. The Labute approximate surface area is 113 Å². The lowest BCUT2D eigenvalue weighted by atomic mass is 10.1. The minimum atomic E-state index is -0.466. The van der Waals surface area contributed by atoms with Crippen LogP contribution in [0.25, 0.3) is 0 Å². The molecule has 1 aromatic carbocycles. The number of carbonyl (C=O) groups is 1. The summed E-state index contributed by atoms with van der Waals surface area (Å²) in [4.78, 5) is 12.5. The van der Waals surface area contributed by atoms with Gasteiger partial charge in [-0.15, -0.1) is 5.10 Å². The van der Waals surface area contributed by atoms with Gasteiger partial charge >= 0.3 is 0 Å². The van der Waals surface area contributed by atoms with E-state index in [0.29, 0.717) is 17.0 Å². The van der Waals surface area contributed by atoms with Crippen molar-refractivity contribution in [2.45, 2.75) is 19.8 Å². The number of halogens is 2. The summed E-state index contributed by atoms with van der Waals surface area (Å²) in [7, 11) is 0. The smallest absolute Gasteiger partial charge is 0.180 e. The minimum Gasteiger partial charge on any atom is -0.293 e. The van der Waals surface area contributed by atoms with Crippen LogP contribution < -0.4 is 0 Å². The summed E-state index contributed by atoms with van der Waals surface area (Å²) in [5, 5.41) is 4.13. The molecule has 2 aromatic rings. The molecule has 0 amide bonds. The van der Waals surface area contributed by atoms with Crippen molar-refractivity contribution in [3.8, 4) is 0 Å². The van der Waals surface area contributed by atoms with Crippen molar-refractivity contribution in [2.75, 3.05) is 0 Å². The quantitative estimate of drug-likeness (QED) is 0.809. The molecule has 94 valence electrons. The standard InChI is InChI=1S/C12H10ClFN2OS/c1-2-10-12(18-16-15-10)11(17)6-7-8(13)4-3-5-9(7)14/h3-5H,2,6H2,1H3. The van der Waals surface area contributed by atoms with E-state index in [-0.39, 0.29) is 22.8 Å². The average molecular weight is 285 g/mol. The Bertz CT molecular complexity index is 565. The summed E-state index contributed by atoms with van der Waals surface area (Å²) in [6, 6.07) is 4.37. The summed E-state index contributed by atoms with van der Waals surface area (Å²) in [6.45, 7) is 1.89. The van der Waals surface area contributed by atoms with E-state index < -0.39 is 5.82 Å². The van der Waals surface area contributed by atoms with Gasteiger partial charge in [0.25, 0.3) is 0 Å². The molecular weight excluding hydrogens is 275 g/mol. The molecule has 0 unspecified atom stereocenters. The number of ketones is 1. The highest BCUT2D eigenvalue weighted by Gasteiger charge is 2.18. The van der Waals surface area contributed by atoms with E-state index >= 15 is 0 Å². The lowest BCUT2D eigenvalue weighted by Gasteiger charge is -2.04. The second-order valence-electron chi connectivity index (χ2n) is 3.70. The molecule has 0 aliphatic carbocycles. The van der Waals surface area contributed by atoms with Crippen LogP contribution in [0, 0.1) is 5.82 Å². The van der Waals surface area contributed by atoms with Crippen molar-refractivity contribution in [1.29, 1.82) is 0 Å². The maximum Gasteiger partial charge on any atom is 0.180 e. The highest BCUT2D eigenvalue weighted by molar-refractivity contribution is 7.08. The second-order valence-corrected chi connectivity index (χ2v) is 4.86. The van der Waals surface area contributed by atoms with Gasteiger partial charge in [0, 0.05) is 17.0 Å². The Hall–Kier alpha value is -1.33. The molecule has 0 atom stereocenters. The van der Waals surface area contributed by atoms with Crippen molar-refractivity contribution >= 4 is 28.9 Å². The average Bonchev–Trinajstić information content (AvgIpc) is 2.82. The molecule has 1 aromatic heterocycles. The van der Waals surface area contributed by atoms with Gasteiger partial charge in [0.2, 0.25) is 0 Å². The Kier molecular flexibility index (Phi) is 4.04. The van der Waals surface area contributed by atoms with Crippen LogP contribution in [0.15, 0.2) is 18.2 Å². The lowest BCUT2D eigenvalue weighted by molar-refractivity contribution is 0.0994. The summed E-state index contributed by atoms with van der Waals surface area (Å²) < 4.78 is 17.3. The fourth-order valence-corrected chi connectivity index (χ4v) is 2.51. The van der Waals surface area contributed by atoms with Gasteiger partial charge in [-0.25, -0.2) is 4.39 Å². The minimum absolute atomic E-state index is 0.0671. The molecule has 0 aliphatic rings. The Morgan fingerprint density at radius 3 is 2.94 bits per heavy atom. The van der Waals surface area contributed by atoms with Crippen LogP contribution in [-0.4, -0.2) is 15.4 Å². The highest BCUT2D eigenvalue weighted by Crippen LogP contribution is 2.22. The number of hydrogen-bond donors (Lipinski definition) is 0. The maximum absolute atomic E-state index is 13.6. The van der Waals surface area contributed by atoms with Crippen LogP contribution in [0.5, 0.6) is 0 Å². The third-order valence-electron chi connectivity index (χ3n) is 2.54. The van der Waals surface area contributed by atoms with Crippen LogP contribution in [-0.2, 0) is 12.8 Å². The predicted molar refractivity (Wildman–Crippen MR) is 68.7 cm³/mol. The normalized spacial score (nSPS) is 10.6. The van der Waals surface area contributed by atoms with Crippen molar-refractivity contribution in [3.63, 3.8) is 0 Å². The predicted octanol–water partition coefficient (Wildman–Crippen LogP) is 3.32. The van der Waals surface area contributed by atoms with Crippen molar-refractivity contribution in [3.05, 3.63) is 45.2 Å². The summed E-state index contributed by atoms with van der Waals surface area (Å²) in [6.07, 6.45) is 0.560. The number of rotatable bonds is 4. The van der Waals surface area contributed by atoms with Crippen LogP contribution in [0.1, 0.15) is 27.9 Å². The first-order valence-corrected chi connectivity index (χ1v) is 6.56. The number of Topliss-reactive ketones (excluding diaryl/α,β-unsaturated/α-hetero) is 1.